The second-order valence-electron chi connectivity index (χ2n) is 8.13. The van der Waals surface area contributed by atoms with Crippen LogP contribution in [0.5, 0.6) is 0 Å². The summed E-state index contributed by atoms with van der Waals surface area (Å²) < 4.78 is 31.8. The monoisotopic (exact) mass is 450 g/mol. The number of aromatic carboxylic acids is 1. The summed E-state index contributed by atoms with van der Waals surface area (Å²) in [4.78, 5) is 24.3. The number of halogens is 2. The van der Waals surface area contributed by atoms with Gasteiger partial charge in [0.05, 0.1) is 5.56 Å². The topological polar surface area (TPSA) is 87.7 Å². The van der Waals surface area contributed by atoms with Gasteiger partial charge in [0, 0.05) is 43.9 Å². The number of ether oxygens (including phenoxy) is 1. The van der Waals surface area contributed by atoms with Crippen molar-refractivity contribution in [3.63, 3.8) is 0 Å². The zero-order chi connectivity index (χ0) is 22.0. The van der Waals surface area contributed by atoms with Crippen LogP contribution in [0.15, 0.2) is 29.6 Å². The minimum atomic E-state index is -2.74. The first-order chi connectivity index (χ1) is 14.8. The van der Waals surface area contributed by atoms with Gasteiger partial charge in [-0.3, -0.25) is 4.79 Å². The number of amides is 1. The van der Waals surface area contributed by atoms with Crippen LogP contribution in [0.4, 0.5) is 19.5 Å². The zero-order valence-electron chi connectivity index (χ0n) is 16.8. The Balaban J connectivity index is 1.39. The van der Waals surface area contributed by atoms with Crippen LogP contribution in [-0.4, -0.2) is 42.7 Å². The lowest BCUT2D eigenvalue weighted by Gasteiger charge is -2.35. The average molecular weight is 451 g/mol. The maximum absolute atomic E-state index is 13.2. The molecule has 1 saturated carbocycles. The molecule has 31 heavy (non-hydrogen) atoms. The van der Waals surface area contributed by atoms with E-state index in [1.54, 1.807) is 17.5 Å². The SMILES string of the molecule is O=C(Nc1scc(C2CC(F)(F)C2)c1C(=O)O)c1ccc(NCC2CCOCC2)cc1. The Morgan fingerprint density at radius 2 is 1.84 bits per heavy atom. The summed E-state index contributed by atoms with van der Waals surface area (Å²) in [6.45, 7) is 2.42. The average Bonchev–Trinajstić information content (AvgIpc) is 3.15. The molecule has 0 spiro atoms. The van der Waals surface area contributed by atoms with Crippen LogP contribution in [0.1, 0.15) is 57.9 Å². The van der Waals surface area contributed by atoms with Crippen LogP contribution in [-0.2, 0) is 4.74 Å². The zero-order valence-corrected chi connectivity index (χ0v) is 17.6. The second-order valence-corrected chi connectivity index (χ2v) is 9.01. The third-order valence-corrected chi connectivity index (χ3v) is 6.79. The van der Waals surface area contributed by atoms with Crippen LogP contribution >= 0.6 is 11.3 Å². The molecule has 0 radical (unpaired) electrons. The van der Waals surface area contributed by atoms with Crippen molar-refractivity contribution in [3.8, 4) is 0 Å². The highest BCUT2D eigenvalue weighted by molar-refractivity contribution is 7.15. The number of rotatable bonds is 7. The van der Waals surface area contributed by atoms with Gasteiger partial charge in [0.2, 0.25) is 5.92 Å². The van der Waals surface area contributed by atoms with Gasteiger partial charge in [0.15, 0.2) is 0 Å². The van der Waals surface area contributed by atoms with E-state index in [0.717, 1.165) is 49.6 Å². The first-order valence-corrected chi connectivity index (χ1v) is 11.2. The number of anilines is 2. The van der Waals surface area contributed by atoms with Crippen LogP contribution in [0, 0.1) is 5.92 Å². The third kappa shape index (κ3) is 5.04. The molecule has 9 heteroatoms. The maximum Gasteiger partial charge on any atom is 0.339 e. The van der Waals surface area contributed by atoms with E-state index >= 15 is 0 Å². The molecular formula is C22H24F2N2O4S. The largest absolute Gasteiger partial charge is 0.478 e. The molecule has 1 amide bonds. The summed E-state index contributed by atoms with van der Waals surface area (Å²) in [7, 11) is 0. The summed E-state index contributed by atoms with van der Waals surface area (Å²) in [6, 6.07) is 6.96. The van der Waals surface area contributed by atoms with Gasteiger partial charge in [-0.05, 0) is 59.9 Å². The molecule has 2 fully saturated rings. The lowest BCUT2D eigenvalue weighted by atomic mass is 9.76. The van der Waals surface area contributed by atoms with Gasteiger partial charge in [0.25, 0.3) is 5.91 Å². The number of nitrogens with one attached hydrogen (secondary N) is 2. The fourth-order valence-electron chi connectivity index (χ4n) is 3.99. The standard InChI is InChI=1S/C22H24F2N2O4S/c23-22(24)9-15(10-22)17-12-31-20(18(17)21(28)29)26-19(27)14-1-3-16(4-2-14)25-11-13-5-7-30-8-6-13/h1-4,12-13,15,25H,5-11H2,(H,26,27)(H,28,29). The number of alkyl halides is 2. The Kier molecular flexibility index (Phi) is 6.24. The number of carboxylic acid groups (broad SMARTS) is 1. The molecule has 2 aliphatic rings. The molecule has 1 saturated heterocycles. The van der Waals surface area contributed by atoms with E-state index in [0.29, 0.717) is 17.0 Å². The second kappa shape index (κ2) is 8.92. The van der Waals surface area contributed by atoms with Crippen molar-refractivity contribution in [1.82, 2.24) is 0 Å². The van der Waals surface area contributed by atoms with E-state index in [4.69, 9.17) is 4.74 Å². The smallest absolute Gasteiger partial charge is 0.339 e. The normalized spacial score (nSPS) is 18.9. The van der Waals surface area contributed by atoms with E-state index in [2.05, 4.69) is 10.6 Å². The number of carbonyl (C=O) groups is 2. The van der Waals surface area contributed by atoms with Gasteiger partial charge in [0.1, 0.15) is 5.00 Å². The van der Waals surface area contributed by atoms with Crippen molar-refractivity contribution in [3.05, 3.63) is 46.3 Å². The molecule has 4 rings (SSSR count). The fourth-order valence-corrected chi connectivity index (χ4v) is 5.02. The summed E-state index contributed by atoms with van der Waals surface area (Å²) >= 11 is 1.05. The lowest BCUT2D eigenvalue weighted by Crippen LogP contribution is -2.34. The van der Waals surface area contributed by atoms with Crippen LogP contribution in [0.3, 0.4) is 0 Å². The van der Waals surface area contributed by atoms with Crippen molar-refractivity contribution < 1.29 is 28.2 Å². The highest BCUT2D eigenvalue weighted by atomic mass is 32.1. The highest BCUT2D eigenvalue weighted by Crippen LogP contribution is 2.51. The van der Waals surface area contributed by atoms with Gasteiger partial charge in [-0.25, -0.2) is 13.6 Å². The molecule has 0 bridgehead atoms. The van der Waals surface area contributed by atoms with E-state index in [1.807, 2.05) is 12.1 Å². The first kappa shape index (κ1) is 21.7. The predicted octanol–water partition coefficient (Wildman–Crippen LogP) is 5.05. The molecule has 6 nitrogen and oxygen atoms in total. The van der Waals surface area contributed by atoms with E-state index in [-0.39, 0.29) is 23.4 Å². The van der Waals surface area contributed by atoms with Gasteiger partial charge < -0.3 is 20.5 Å². The molecule has 2 heterocycles. The maximum atomic E-state index is 13.2. The Bertz CT molecular complexity index is 947. The molecule has 3 N–H and O–H groups in total. The molecule has 1 aromatic heterocycles. The number of hydrogen-bond donors (Lipinski definition) is 3. The predicted molar refractivity (Wildman–Crippen MR) is 115 cm³/mol. The number of benzene rings is 1. The third-order valence-electron chi connectivity index (χ3n) is 5.87. The Hall–Kier alpha value is -2.52. The minimum Gasteiger partial charge on any atom is -0.478 e. The highest BCUT2D eigenvalue weighted by Gasteiger charge is 2.47. The van der Waals surface area contributed by atoms with E-state index in [1.165, 1.54) is 0 Å². The first-order valence-electron chi connectivity index (χ1n) is 10.3. The lowest BCUT2D eigenvalue weighted by molar-refractivity contribution is -0.0868. The molecule has 1 aliphatic heterocycles. The summed E-state index contributed by atoms with van der Waals surface area (Å²) in [5, 5.41) is 17.3. The Labute approximate surface area is 182 Å². The van der Waals surface area contributed by atoms with Gasteiger partial charge in [-0.2, -0.15) is 0 Å². The molecule has 0 unspecified atom stereocenters. The van der Waals surface area contributed by atoms with Crippen LogP contribution in [0.25, 0.3) is 0 Å². The van der Waals surface area contributed by atoms with Crippen LogP contribution in [0.2, 0.25) is 0 Å². The Morgan fingerprint density at radius 1 is 1.16 bits per heavy atom. The number of hydrogen-bond acceptors (Lipinski definition) is 5. The number of thiophene rings is 1. The van der Waals surface area contributed by atoms with Crippen LogP contribution < -0.4 is 10.6 Å². The molecule has 1 aromatic carbocycles. The quantitative estimate of drug-likeness (QED) is 0.550. The van der Waals surface area contributed by atoms with Crippen molar-refractivity contribution in [2.75, 3.05) is 30.4 Å². The van der Waals surface area contributed by atoms with Crippen molar-refractivity contribution in [2.24, 2.45) is 5.92 Å². The van der Waals surface area contributed by atoms with Crippen molar-refractivity contribution in [1.29, 1.82) is 0 Å². The summed E-state index contributed by atoms with van der Waals surface area (Å²) in [5.41, 5.74) is 1.57. The summed E-state index contributed by atoms with van der Waals surface area (Å²) in [5.74, 6) is -4.34. The minimum absolute atomic E-state index is 0.0893. The van der Waals surface area contributed by atoms with Crippen molar-refractivity contribution >= 4 is 33.9 Å². The van der Waals surface area contributed by atoms with Gasteiger partial charge >= 0.3 is 5.97 Å². The molecule has 2 aromatic rings. The number of carbonyl (C=O) groups excluding carboxylic acids is 1. The van der Waals surface area contributed by atoms with Gasteiger partial charge in [-0.15, -0.1) is 11.3 Å². The van der Waals surface area contributed by atoms with Gasteiger partial charge in [-0.1, -0.05) is 0 Å². The Morgan fingerprint density at radius 3 is 2.45 bits per heavy atom. The summed E-state index contributed by atoms with van der Waals surface area (Å²) in [6.07, 6.45) is 1.33. The molecular weight excluding hydrogens is 426 g/mol. The molecule has 166 valence electrons. The van der Waals surface area contributed by atoms with Crippen molar-refractivity contribution in [2.45, 2.75) is 37.5 Å². The molecule has 1 aliphatic carbocycles. The molecule has 0 atom stereocenters. The number of carboxylic acids is 1. The fraction of sp³-hybridized carbons (Fsp3) is 0.455. The van der Waals surface area contributed by atoms with E-state index < -0.39 is 23.7 Å². The van der Waals surface area contributed by atoms with E-state index in [9.17, 15) is 23.5 Å².